The van der Waals surface area contributed by atoms with Gasteiger partial charge in [-0.05, 0) is 35.9 Å². The van der Waals surface area contributed by atoms with Gasteiger partial charge in [0.15, 0.2) is 11.6 Å². The summed E-state index contributed by atoms with van der Waals surface area (Å²) < 4.78 is 44.3. The lowest BCUT2D eigenvalue weighted by molar-refractivity contribution is 0.289. The van der Waals surface area contributed by atoms with Crippen LogP contribution in [0.3, 0.4) is 0 Å². The molecule has 0 unspecified atom stereocenters. The molecular weight excluding hydrogens is 265 g/mol. The summed E-state index contributed by atoms with van der Waals surface area (Å²) in [5, 5.41) is 0.247. The molecule has 0 saturated heterocycles. The van der Waals surface area contributed by atoms with Crippen LogP contribution >= 0.6 is 11.6 Å². The molecule has 2 rings (SSSR count). The van der Waals surface area contributed by atoms with Gasteiger partial charge in [0.2, 0.25) is 0 Å². The zero-order valence-corrected chi connectivity index (χ0v) is 9.85. The standard InChI is InChI=1S/C13H8ClF3O/c14-9-1-2-13(12(17)5-9)18-7-8-3-10(15)6-11(16)4-8/h1-6H,7H2. The van der Waals surface area contributed by atoms with Crippen molar-refractivity contribution in [2.45, 2.75) is 6.61 Å². The molecule has 0 radical (unpaired) electrons. The van der Waals surface area contributed by atoms with Crippen LogP contribution in [-0.4, -0.2) is 0 Å². The Kier molecular flexibility index (Phi) is 3.77. The van der Waals surface area contributed by atoms with E-state index in [-0.39, 0.29) is 22.9 Å². The molecule has 2 aromatic carbocycles. The van der Waals surface area contributed by atoms with Crippen molar-refractivity contribution < 1.29 is 17.9 Å². The molecule has 0 bridgehead atoms. The molecule has 18 heavy (non-hydrogen) atoms. The van der Waals surface area contributed by atoms with Crippen molar-refractivity contribution in [3.63, 3.8) is 0 Å². The van der Waals surface area contributed by atoms with Crippen molar-refractivity contribution in [2.75, 3.05) is 0 Å². The second-order valence-electron chi connectivity index (χ2n) is 3.64. The summed E-state index contributed by atoms with van der Waals surface area (Å²) >= 11 is 5.58. The van der Waals surface area contributed by atoms with Crippen LogP contribution in [0.15, 0.2) is 36.4 Å². The molecule has 1 nitrogen and oxygen atoms in total. The minimum atomic E-state index is -0.704. The fourth-order valence-electron chi connectivity index (χ4n) is 1.45. The highest BCUT2D eigenvalue weighted by Gasteiger charge is 2.06. The summed E-state index contributed by atoms with van der Waals surface area (Å²) in [5.41, 5.74) is 0.279. The molecule has 0 saturated carbocycles. The van der Waals surface area contributed by atoms with E-state index >= 15 is 0 Å². The van der Waals surface area contributed by atoms with Crippen molar-refractivity contribution in [3.05, 3.63) is 64.4 Å². The van der Waals surface area contributed by atoms with Gasteiger partial charge in [0.1, 0.15) is 18.2 Å². The SMILES string of the molecule is Fc1cc(F)cc(COc2ccc(Cl)cc2F)c1. The normalized spacial score (nSPS) is 10.4. The average Bonchev–Trinajstić information content (AvgIpc) is 2.26. The lowest BCUT2D eigenvalue weighted by Crippen LogP contribution is -1.98. The Balaban J connectivity index is 2.11. The minimum absolute atomic E-state index is 0.0240. The first kappa shape index (κ1) is 12.8. The second-order valence-corrected chi connectivity index (χ2v) is 4.08. The highest BCUT2D eigenvalue weighted by Crippen LogP contribution is 2.22. The average molecular weight is 273 g/mol. The van der Waals surface area contributed by atoms with E-state index in [1.165, 1.54) is 12.1 Å². The highest BCUT2D eigenvalue weighted by atomic mass is 35.5. The first-order valence-electron chi connectivity index (χ1n) is 5.07. The van der Waals surface area contributed by atoms with E-state index in [0.717, 1.165) is 24.3 Å². The summed E-state index contributed by atoms with van der Waals surface area (Å²) in [6.07, 6.45) is 0. The summed E-state index contributed by atoms with van der Waals surface area (Å²) in [4.78, 5) is 0. The number of halogens is 4. The quantitative estimate of drug-likeness (QED) is 0.808. The monoisotopic (exact) mass is 272 g/mol. The molecule has 0 aromatic heterocycles. The van der Waals surface area contributed by atoms with Crippen LogP contribution < -0.4 is 4.74 Å². The van der Waals surface area contributed by atoms with Gasteiger partial charge in [-0.2, -0.15) is 0 Å². The Hall–Kier alpha value is -1.68. The summed E-state index contributed by atoms with van der Waals surface area (Å²) in [5.74, 6) is -2.06. The number of rotatable bonds is 3. The largest absolute Gasteiger partial charge is 0.486 e. The summed E-state index contributed by atoms with van der Waals surface area (Å²) in [6, 6.07) is 6.92. The number of hydrogen-bond acceptors (Lipinski definition) is 1. The van der Waals surface area contributed by atoms with Crippen molar-refractivity contribution in [1.29, 1.82) is 0 Å². The Labute approximate surface area is 107 Å². The summed E-state index contributed by atoms with van der Waals surface area (Å²) in [6.45, 7) is -0.132. The van der Waals surface area contributed by atoms with Crippen LogP contribution in [0.2, 0.25) is 5.02 Å². The molecule has 94 valence electrons. The van der Waals surface area contributed by atoms with E-state index in [1.54, 1.807) is 0 Å². The fraction of sp³-hybridized carbons (Fsp3) is 0.0769. The fourth-order valence-corrected chi connectivity index (χ4v) is 1.61. The molecular formula is C13H8ClF3O. The van der Waals surface area contributed by atoms with Crippen molar-refractivity contribution >= 4 is 11.6 Å². The topological polar surface area (TPSA) is 9.23 Å². The highest BCUT2D eigenvalue weighted by molar-refractivity contribution is 6.30. The molecule has 5 heteroatoms. The van der Waals surface area contributed by atoms with E-state index in [1.807, 2.05) is 0 Å². The maximum Gasteiger partial charge on any atom is 0.166 e. The van der Waals surface area contributed by atoms with Gasteiger partial charge in [-0.1, -0.05) is 11.6 Å². The van der Waals surface area contributed by atoms with Crippen LogP contribution in [0.4, 0.5) is 13.2 Å². The van der Waals surface area contributed by atoms with Crippen LogP contribution in [0.1, 0.15) is 5.56 Å². The molecule has 0 aliphatic carbocycles. The van der Waals surface area contributed by atoms with Gasteiger partial charge in [-0.3, -0.25) is 0 Å². The molecule has 0 aliphatic rings. The zero-order chi connectivity index (χ0) is 13.1. The summed E-state index contributed by atoms with van der Waals surface area (Å²) in [7, 11) is 0. The smallest absolute Gasteiger partial charge is 0.166 e. The first-order chi connectivity index (χ1) is 8.54. The Bertz CT molecular complexity index is 552. The van der Waals surface area contributed by atoms with Crippen molar-refractivity contribution in [1.82, 2.24) is 0 Å². The maximum absolute atomic E-state index is 13.4. The van der Waals surface area contributed by atoms with Crippen LogP contribution in [-0.2, 0) is 6.61 Å². The van der Waals surface area contributed by atoms with Gasteiger partial charge >= 0.3 is 0 Å². The number of hydrogen-bond donors (Lipinski definition) is 0. The molecule has 0 heterocycles. The zero-order valence-electron chi connectivity index (χ0n) is 9.09. The lowest BCUT2D eigenvalue weighted by Gasteiger charge is -2.07. The molecule has 0 amide bonds. The van der Waals surface area contributed by atoms with Gasteiger partial charge < -0.3 is 4.74 Å². The van der Waals surface area contributed by atoms with E-state index in [0.29, 0.717) is 0 Å². The molecule has 0 atom stereocenters. The minimum Gasteiger partial charge on any atom is -0.486 e. The molecule has 0 fully saturated rings. The molecule has 0 aliphatic heterocycles. The lowest BCUT2D eigenvalue weighted by atomic mass is 10.2. The van der Waals surface area contributed by atoms with E-state index in [2.05, 4.69) is 0 Å². The van der Waals surface area contributed by atoms with Crippen molar-refractivity contribution in [2.24, 2.45) is 0 Å². The number of ether oxygens (including phenoxy) is 1. The van der Waals surface area contributed by atoms with Gasteiger partial charge in [0.25, 0.3) is 0 Å². The second kappa shape index (κ2) is 5.31. The van der Waals surface area contributed by atoms with Gasteiger partial charge in [-0.15, -0.1) is 0 Å². The first-order valence-corrected chi connectivity index (χ1v) is 5.45. The van der Waals surface area contributed by atoms with Gasteiger partial charge in [0.05, 0.1) is 0 Å². The molecule has 0 N–H and O–H groups in total. The maximum atomic E-state index is 13.4. The third kappa shape index (κ3) is 3.17. The molecule has 2 aromatic rings. The van der Waals surface area contributed by atoms with Crippen molar-refractivity contribution in [3.8, 4) is 5.75 Å². The third-order valence-electron chi connectivity index (χ3n) is 2.21. The Morgan fingerprint density at radius 3 is 2.22 bits per heavy atom. The van der Waals surface area contributed by atoms with Gasteiger partial charge in [-0.25, -0.2) is 13.2 Å². The van der Waals surface area contributed by atoms with E-state index in [4.69, 9.17) is 16.3 Å². The van der Waals surface area contributed by atoms with E-state index in [9.17, 15) is 13.2 Å². The third-order valence-corrected chi connectivity index (χ3v) is 2.45. The predicted octanol–water partition coefficient (Wildman–Crippen LogP) is 4.34. The Morgan fingerprint density at radius 2 is 1.61 bits per heavy atom. The van der Waals surface area contributed by atoms with Gasteiger partial charge in [0, 0.05) is 11.1 Å². The predicted molar refractivity (Wildman–Crippen MR) is 62.1 cm³/mol. The van der Waals surface area contributed by atoms with Crippen LogP contribution in [0.25, 0.3) is 0 Å². The van der Waals surface area contributed by atoms with Crippen LogP contribution in [0.5, 0.6) is 5.75 Å². The van der Waals surface area contributed by atoms with Crippen LogP contribution in [0, 0.1) is 17.5 Å². The number of benzene rings is 2. The molecule has 0 spiro atoms. The van der Waals surface area contributed by atoms with E-state index < -0.39 is 17.5 Å². The Morgan fingerprint density at radius 1 is 0.944 bits per heavy atom.